The summed E-state index contributed by atoms with van der Waals surface area (Å²) in [4.78, 5) is 16.4. The largest absolute Gasteiger partial charge is 0.378 e. The zero-order chi connectivity index (χ0) is 17.6. The third-order valence-corrected chi connectivity index (χ3v) is 4.12. The molecule has 1 unspecified atom stereocenters. The summed E-state index contributed by atoms with van der Waals surface area (Å²) in [5.41, 5.74) is 4.32. The van der Waals surface area contributed by atoms with Gasteiger partial charge >= 0.3 is 0 Å². The molecule has 25 heavy (non-hydrogen) atoms. The van der Waals surface area contributed by atoms with Crippen molar-refractivity contribution in [2.24, 2.45) is 7.05 Å². The monoisotopic (exact) mass is 336 g/mol. The zero-order valence-corrected chi connectivity index (χ0v) is 13.9. The van der Waals surface area contributed by atoms with Crippen LogP contribution in [0.25, 0.3) is 0 Å². The summed E-state index contributed by atoms with van der Waals surface area (Å²) >= 11 is 0. The van der Waals surface area contributed by atoms with E-state index < -0.39 is 11.8 Å². The van der Waals surface area contributed by atoms with E-state index in [1.165, 1.54) is 0 Å². The fourth-order valence-electron chi connectivity index (χ4n) is 2.75. The first-order valence-corrected chi connectivity index (χ1v) is 7.98. The SMILES string of the molecule is Cn1ccnc1CNc1ccc(C(C(=O)NO)c2ccccc2)cc1. The normalized spacial score (nSPS) is 11.8. The molecule has 128 valence electrons. The first kappa shape index (κ1) is 16.7. The van der Waals surface area contributed by atoms with Crippen LogP contribution in [0.1, 0.15) is 22.9 Å². The molecule has 3 N–H and O–H groups in total. The van der Waals surface area contributed by atoms with Crippen molar-refractivity contribution in [3.8, 4) is 0 Å². The van der Waals surface area contributed by atoms with Gasteiger partial charge in [0.05, 0.1) is 12.5 Å². The highest BCUT2D eigenvalue weighted by atomic mass is 16.5. The first-order valence-electron chi connectivity index (χ1n) is 7.98. The molecule has 0 saturated carbocycles. The van der Waals surface area contributed by atoms with Crippen molar-refractivity contribution in [1.82, 2.24) is 15.0 Å². The number of rotatable bonds is 6. The molecule has 3 aromatic rings. The maximum atomic E-state index is 12.1. The second-order valence-corrected chi connectivity index (χ2v) is 5.75. The summed E-state index contributed by atoms with van der Waals surface area (Å²) in [7, 11) is 1.95. The van der Waals surface area contributed by atoms with Gasteiger partial charge in [-0.05, 0) is 23.3 Å². The Balaban J connectivity index is 1.77. The maximum Gasteiger partial charge on any atom is 0.255 e. The molecule has 0 radical (unpaired) electrons. The Morgan fingerprint density at radius 2 is 1.80 bits per heavy atom. The van der Waals surface area contributed by atoms with Crippen molar-refractivity contribution in [2.45, 2.75) is 12.5 Å². The van der Waals surface area contributed by atoms with E-state index in [0.717, 1.165) is 22.6 Å². The van der Waals surface area contributed by atoms with Crippen LogP contribution < -0.4 is 10.8 Å². The van der Waals surface area contributed by atoms with Crippen molar-refractivity contribution >= 4 is 11.6 Å². The quantitative estimate of drug-likeness (QED) is 0.478. The van der Waals surface area contributed by atoms with Gasteiger partial charge in [-0.1, -0.05) is 42.5 Å². The molecule has 0 saturated heterocycles. The molecule has 0 aliphatic heterocycles. The average Bonchev–Trinajstić information content (AvgIpc) is 3.07. The summed E-state index contributed by atoms with van der Waals surface area (Å²) in [6.07, 6.45) is 3.66. The molecule has 3 rings (SSSR count). The van der Waals surface area contributed by atoms with Crippen LogP contribution in [0.15, 0.2) is 67.0 Å². The number of aromatic nitrogens is 2. The lowest BCUT2D eigenvalue weighted by Crippen LogP contribution is -2.27. The van der Waals surface area contributed by atoms with Crippen LogP contribution in [0.2, 0.25) is 0 Å². The molecule has 0 spiro atoms. The highest BCUT2D eigenvalue weighted by molar-refractivity contribution is 5.86. The number of anilines is 1. The summed E-state index contributed by atoms with van der Waals surface area (Å²) in [6, 6.07) is 17.0. The number of aryl methyl sites for hydroxylation is 1. The standard InChI is InChI=1S/C19H20N4O2/c1-23-12-11-20-17(23)13-21-16-9-7-15(8-10-16)18(19(24)22-25)14-5-3-2-4-6-14/h2-12,18,21,25H,13H2,1H3,(H,22,24). The minimum Gasteiger partial charge on any atom is -0.378 e. The number of nitrogens with one attached hydrogen (secondary N) is 2. The van der Waals surface area contributed by atoms with Gasteiger partial charge in [0, 0.05) is 25.1 Å². The molecule has 1 heterocycles. The maximum absolute atomic E-state index is 12.1. The van der Waals surface area contributed by atoms with Crippen LogP contribution in [0, 0.1) is 0 Å². The van der Waals surface area contributed by atoms with Crippen LogP contribution >= 0.6 is 0 Å². The summed E-state index contributed by atoms with van der Waals surface area (Å²) in [5, 5.41) is 12.4. The Bertz CT molecular complexity index is 828. The highest BCUT2D eigenvalue weighted by Gasteiger charge is 2.22. The fourth-order valence-corrected chi connectivity index (χ4v) is 2.75. The minimum absolute atomic E-state index is 0.458. The lowest BCUT2D eigenvalue weighted by atomic mass is 9.90. The summed E-state index contributed by atoms with van der Waals surface area (Å²) in [5.74, 6) is -0.0828. The number of amides is 1. The Morgan fingerprint density at radius 3 is 2.40 bits per heavy atom. The molecular formula is C19H20N4O2. The molecule has 0 aliphatic carbocycles. The Morgan fingerprint density at radius 1 is 1.12 bits per heavy atom. The van der Waals surface area contributed by atoms with Gasteiger partial charge in [-0.3, -0.25) is 10.0 Å². The van der Waals surface area contributed by atoms with Crippen LogP contribution in [0.5, 0.6) is 0 Å². The van der Waals surface area contributed by atoms with Crippen LogP contribution in [0.4, 0.5) is 5.69 Å². The van der Waals surface area contributed by atoms with Crippen molar-refractivity contribution in [3.05, 3.63) is 83.9 Å². The topological polar surface area (TPSA) is 79.2 Å². The van der Waals surface area contributed by atoms with Crippen molar-refractivity contribution in [3.63, 3.8) is 0 Å². The molecule has 0 aliphatic rings. The highest BCUT2D eigenvalue weighted by Crippen LogP contribution is 2.26. The predicted octanol–water partition coefficient (Wildman–Crippen LogP) is 2.67. The average molecular weight is 336 g/mol. The third-order valence-electron chi connectivity index (χ3n) is 4.12. The van der Waals surface area contributed by atoms with E-state index in [0.29, 0.717) is 6.54 Å². The number of nitrogens with zero attached hydrogens (tertiary/aromatic N) is 2. The number of carbonyl (C=O) groups excluding carboxylic acids is 1. The molecule has 0 fully saturated rings. The number of hydrogen-bond acceptors (Lipinski definition) is 4. The van der Waals surface area contributed by atoms with E-state index in [4.69, 9.17) is 5.21 Å². The van der Waals surface area contributed by atoms with Gasteiger partial charge < -0.3 is 9.88 Å². The smallest absolute Gasteiger partial charge is 0.255 e. The van der Waals surface area contributed by atoms with Crippen LogP contribution in [-0.2, 0) is 18.4 Å². The van der Waals surface area contributed by atoms with E-state index in [1.807, 2.05) is 72.4 Å². The second kappa shape index (κ2) is 7.63. The molecular weight excluding hydrogens is 316 g/mol. The number of imidazole rings is 1. The van der Waals surface area contributed by atoms with Crippen LogP contribution in [0.3, 0.4) is 0 Å². The van der Waals surface area contributed by atoms with Crippen molar-refractivity contribution < 1.29 is 10.0 Å². The minimum atomic E-state index is -0.560. The molecule has 0 bridgehead atoms. The number of hydroxylamine groups is 1. The third kappa shape index (κ3) is 3.87. The lowest BCUT2D eigenvalue weighted by Gasteiger charge is -2.16. The summed E-state index contributed by atoms with van der Waals surface area (Å²) in [6.45, 7) is 0.613. The van der Waals surface area contributed by atoms with Crippen LogP contribution in [-0.4, -0.2) is 20.7 Å². The molecule has 1 aromatic heterocycles. The predicted molar refractivity (Wildman–Crippen MR) is 95.2 cm³/mol. The van der Waals surface area contributed by atoms with E-state index in [-0.39, 0.29) is 0 Å². The number of carbonyl (C=O) groups is 1. The molecule has 1 atom stereocenters. The van der Waals surface area contributed by atoms with E-state index in [9.17, 15) is 4.79 Å². The van der Waals surface area contributed by atoms with Gasteiger partial charge in [-0.25, -0.2) is 10.5 Å². The van der Waals surface area contributed by atoms with Gasteiger partial charge in [0.25, 0.3) is 5.91 Å². The van der Waals surface area contributed by atoms with Gasteiger partial charge in [-0.15, -0.1) is 0 Å². The second-order valence-electron chi connectivity index (χ2n) is 5.75. The Labute approximate surface area is 146 Å². The van der Waals surface area contributed by atoms with Gasteiger partial charge in [0.1, 0.15) is 5.82 Å². The first-order chi connectivity index (χ1) is 12.2. The number of benzene rings is 2. The van der Waals surface area contributed by atoms with E-state index >= 15 is 0 Å². The summed E-state index contributed by atoms with van der Waals surface area (Å²) < 4.78 is 1.96. The lowest BCUT2D eigenvalue weighted by molar-refractivity contribution is -0.129. The van der Waals surface area contributed by atoms with E-state index in [1.54, 1.807) is 11.7 Å². The Kier molecular flexibility index (Phi) is 5.11. The zero-order valence-electron chi connectivity index (χ0n) is 13.9. The van der Waals surface area contributed by atoms with E-state index in [2.05, 4.69) is 10.3 Å². The molecule has 6 heteroatoms. The molecule has 2 aromatic carbocycles. The Hall–Kier alpha value is -3.12. The number of hydrogen-bond donors (Lipinski definition) is 3. The molecule has 1 amide bonds. The van der Waals surface area contributed by atoms with Gasteiger partial charge in [-0.2, -0.15) is 0 Å². The fraction of sp³-hybridized carbons (Fsp3) is 0.158. The van der Waals surface area contributed by atoms with Crippen molar-refractivity contribution in [2.75, 3.05) is 5.32 Å². The van der Waals surface area contributed by atoms with Gasteiger partial charge in [0.2, 0.25) is 0 Å². The van der Waals surface area contributed by atoms with Crippen molar-refractivity contribution in [1.29, 1.82) is 0 Å². The van der Waals surface area contributed by atoms with Gasteiger partial charge in [0.15, 0.2) is 0 Å². The molecule has 6 nitrogen and oxygen atoms in total.